The largest absolute Gasteiger partial charge is 0.465 e. The zero-order chi connectivity index (χ0) is 23.2. The third-order valence-electron chi connectivity index (χ3n) is 9.13. The fourth-order valence-electron chi connectivity index (χ4n) is 7.22. The second-order valence-corrected chi connectivity index (χ2v) is 11.4. The summed E-state index contributed by atoms with van der Waals surface area (Å²) in [5.41, 5.74) is 0. The van der Waals surface area contributed by atoms with Crippen LogP contribution in [0.4, 0.5) is 0 Å². The summed E-state index contributed by atoms with van der Waals surface area (Å²) in [5.74, 6) is 1.17. The second-order valence-electron chi connectivity index (χ2n) is 11.4. The summed E-state index contributed by atoms with van der Waals surface area (Å²) in [6.45, 7) is 0.304. The number of carbonyl (C=O) groups is 3. The molecule has 0 spiro atoms. The first kappa shape index (κ1) is 22.1. The molecule has 6 rings (SSSR count). The Kier molecular flexibility index (Phi) is 5.86. The van der Waals surface area contributed by atoms with E-state index in [1.54, 1.807) is 0 Å². The molecule has 3 saturated carbocycles. The lowest BCUT2D eigenvalue weighted by molar-refractivity contribution is -0.159. The predicted molar refractivity (Wildman–Crippen MR) is 123 cm³/mol. The summed E-state index contributed by atoms with van der Waals surface area (Å²) in [5, 5.41) is 0. The van der Waals surface area contributed by atoms with Gasteiger partial charge in [-0.1, -0.05) is 36.5 Å². The Morgan fingerprint density at radius 3 is 1.09 bits per heavy atom. The average molecular weight is 467 g/mol. The fourth-order valence-corrected chi connectivity index (χ4v) is 7.22. The Hall–Kier alpha value is -2.37. The van der Waals surface area contributed by atoms with E-state index in [-0.39, 0.29) is 79.2 Å². The van der Waals surface area contributed by atoms with Crippen LogP contribution in [-0.4, -0.2) is 37.7 Å². The Morgan fingerprint density at radius 1 is 0.529 bits per heavy atom. The van der Waals surface area contributed by atoms with Gasteiger partial charge in [0, 0.05) is 0 Å². The molecule has 6 aliphatic rings. The molecule has 0 radical (unpaired) electrons. The molecule has 0 aliphatic heterocycles. The molecule has 182 valence electrons. The maximum atomic E-state index is 12.7. The zero-order valence-corrected chi connectivity index (χ0v) is 19.6. The lowest BCUT2D eigenvalue weighted by Gasteiger charge is -2.23. The number of hydrogen-bond donors (Lipinski definition) is 0. The van der Waals surface area contributed by atoms with Gasteiger partial charge in [0.1, 0.15) is 19.8 Å². The number of fused-ring (bicyclic) bond motifs is 6. The highest BCUT2D eigenvalue weighted by molar-refractivity contribution is 5.75. The van der Waals surface area contributed by atoms with Gasteiger partial charge in [-0.15, -0.1) is 0 Å². The summed E-state index contributed by atoms with van der Waals surface area (Å²) >= 11 is 0. The lowest BCUT2D eigenvalue weighted by atomic mass is 9.93. The first-order chi connectivity index (χ1) is 16.5. The normalized spacial score (nSPS) is 40.8. The van der Waals surface area contributed by atoms with Crippen molar-refractivity contribution in [3.63, 3.8) is 0 Å². The number of carbonyl (C=O) groups excluding carboxylic acids is 3. The van der Waals surface area contributed by atoms with Crippen LogP contribution in [0.15, 0.2) is 36.5 Å². The Bertz CT molecular complexity index is 814. The van der Waals surface area contributed by atoms with E-state index in [9.17, 15) is 14.4 Å². The van der Waals surface area contributed by atoms with Gasteiger partial charge in [-0.25, -0.2) is 0 Å². The standard InChI is InChI=1S/C28H34O6/c29-26(23-10-16-1-4-20(23)7-16)32-13-19(14-33-27(30)24-11-17-2-5-21(24)8-17)15-34-28(31)25-12-18-3-6-22(25)9-18/h1-6,16-25H,7-15H2. The summed E-state index contributed by atoms with van der Waals surface area (Å²) in [4.78, 5) is 38.2. The third-order valence-corrected chi connectivity index (χ3v) is 9.13. The zero-order valence-electron chi connectivity index (χ0n) is 19.6. The highest BCUT2D eigenvalue weighted by Gasteiger charge is 2.43. The van der Waals surface area contributed by atoms with Gasteiger partial charge < -0.3 is 14.2 Å². The van der Waals surface area contributed by atoms with Gasteiger partial charge in [0.2, 0.25) is 0 Å². The topological polar surface area (TPSA) is 78.9 Å². The summed E-state index contributed by atoms with van der Waals surface area (Å²) in [7, 11) is 0. The smallest absolute Gasteiger partial charge is 0.309 e. The Balaban J connectivity index is 1.03. The average Bonchev–Trinajstić information content (AvgIpc) is 3.69. The van der Waals surface area contributed by atoms with Crippen LogP contribution in [-0.2, 0) is 28.6 Å². The van der Waals surface area contributed by atoms with Crippen molar-refractivity contribution in [3.8, 4) is 0 Å². The SMILES string of the molecule is O=C(OCC(COC(=O)C1CC2C=CC1C2)COC(=O)C1CC2C=CC1C2)C1CC2C=CC1C2. The number of rotatable bonds is 9. The molecule has 9 atom stereocenters. The fraction of sp³-hybridized carbons (Fsp3) is 0.679. The maximum Gasteiger partial charge on any atom is 0.309 e. The van der Waals surface area contributed by atoms with Gasteiger partial charge in [0.25, 0.3) is 0 Å². The predicted octanol–water partition coefficient (Wildman–Crippen LogP) is 3.87. The van der Waals surface area contributed by atoms with E-state index < -0.39 is 0 Å². The van der Waals surface area contributed by atoms with Crippen LogP contribution in [0.2, 0.25) is 0 Å². The molecule has 0 saturated heterocycles. The van der Waals surface area contributed by atoms with Crippen LogP contribution in [0.25, 0.3) is 0 Å². The van der Waals surface area contributed by atoms with Crippen molar-refractivity contribution < 1.29 is 28.6 Å². The molecule has 0 N–H and O–H groups in total. The van der Waals surface area contributed by atoms with Gasteiger partial charge >= 0.3 is 17.9 Å². The molecule has 3 fully saturated rings. The molecule has 9 unspecified atom stereocenters. The molecule has 0 aromatic rings. The van der Waals surface area contributed by atoms with Crippen LogP contribution in [0.3, 0.4) is 0 Å². The van der Waals surface area contributed by atoms with Crippen molar-refractivity contribution >= 4 is 17.9 Å². The number of esters is 3. The van der Waals surface area contributed by atoms with Crippen molar-refractivity contribution in [2.24, 2.45) is 59.2 Å². The Morgan fingerprint density at radius 2 is 0.853 bits per heavy atom. The molecule has 6 aliphatic carbocycles. The van der Waals surface area contributed by atoms with E-state index in [0.717, 1.165) is 38.5 Å². The van der Waals surface area contributed by atoms with E-state index in [0.29, 0.717) is 17.8 Å². The van der Waals surface area contributed by atoms with Gasteiger partial charge in [-0.3, -0.25) is 14.4 Å². The molecule has 0 aromatic heterocycles. The molecule has 0 aromatic carbocycles. The molecule has 6 bridgehead atoms. The van der Waals surface area contributed by atoms with Crippen LogP contribution >= 0.6 is 0 Å². The summed E-state index contributed by atoms with van der Waals surface area (Å²) in [6, 6.07) is 0. The van der Waals surface area contributed by atoms with E-state index in [4.69, 9.17) is 14.2 Å². The quantitative estimate of drug-likeness (QED) is 0.292. The first-order valence-corrected chi connectivity index (χ1v) is 13.1. The van der Waals surface area contributed by atoms with Crippen molar-refractivity contribution in [2.75, 3.05) is 19.8 Å². The van der Waals surface area contributed by atoms with E-state index in [1.165, 1.54) is 0 Å². The van der Waals surface area contributed by atoms with Crippen molar-refractivity contribution in [1.29, 1.82) is 0 Å². The minimum absolute atomic E-state index is 0.0811. The number of allylic oxidation sites excluding steroid dienone is 6. The number of hydrogen-bond acceptors (Lipinski definition) is 6. The molecule has 34 heavy (non-hydrogen) atoms. The molecular weight excluding hydrogens is 432 g/mol. The van der Waals surface area contributed by atoms with Crippen molar-refractivity contribution in [1.82, 2.24) is 0 Å². The van der Waals surface area contributed by atoms with Gasteiger partial charge in [-0.05, 0) is 74.0 Å². The molecule has 6 heteroatoms. The van der Waals surface area contributed by atoms with E-state index in [1.807, 2.05) is 0 Å². The highest BCUT2D eigenvalue weighted by atomic mass is 16.6. The first-order valence-electron chi connectivity index (χ1n) is 13.1. The maximum absolute atomic E-state index is 12.7. The molecule has 0 amide bonds. The van der Waals surface area contributed by atoms with Gasteiger partial charge in [0.05, 0.1) is 23.7 Å². The minimum atomic E-state index is -0.353. The lowest BCUT2D eigenvalue weighted by Crippen LogP contribution is -2.32. The van der Waals surface area contributed by atoms with Crippen molar-refractivity contribution in [2.45, 2.75) is 38.5 Å². The van der Waals surface area contributed by atoms with E-state index >= 15 is 0 Å². The third kappa shape index (κ3) is 4.25. The minimum Gasteiger partial charge on any atom is -0.465 e. The van der Waals surface area contributed by atoms with Crippen molar-refractivity contribution in [3.05, 3.63) is 36.5 Å². The number of ether oxygens (including phenoxy) is 3. The molecule has 0 heterocycles. The summed E-state index contributed by atoms with van der Waals surface area (Å²) in [6.07, 6.45) is 18.7. The summed E-state index contributed by atoms with van der Waals surface area (Å²) < 4.78 is 17.0. The highest BCUT2D eigenvalue weighted by Crippen LogP contribution is 2.45. The van der Waals surface area contributed by atoms with E-state index in [2.05, 4.69) is 36.5 Å². The Labute approximate surface area is 200 Å². The van der Waals surface area contributed by atoms with Crippen LogP contribution in [0.1, 0.15) is 38.5 Å². The van der Waals surface area contributed by atoms with Gasteiger partial charge in [-0.2, -0.15) is 0 Å². The second kappa shape index (κ2) is 9.01. The van der Waals surface area contributed by atoms with Crippen LogP contribution in [0, 0.1) is 59.2 Å². The van der Waals surface area contributed by atoms with Gasteiger partial charge in [0.15, 0.2) is 0 Å². The monoisotopic (exact) mass is 466 g/mol. The molecule has 6 nitrogen and oxygen atoms in total. The van der Waals surface area contributed by atoms with Crippen LogP contribution < -0.4 is 0 Å². The van der Waals surface area contributed by atoms with Crippen LogP contribution in [0.5, 0.6) is 0 Å². The molecular formula is C28H34O6.